The van der Waals surface area contributed by atoms with E-state index in [0.717, 1.165) is 5.56 Å². The number of pyridine rings is 1. The molecule has 0 saturated heterocycles. The van der Waals surface area contributed by atoms with Gasteiger partial charge >= 0.3 is 0 Å². The molecule has 1 aromatic carbocycles. The van der Waals surface area contributed by atoms with Crippen LogP contribution < -0.4 is 10.5 Å². The smallest absolute Gasteiger partial charge is 0.269 e. The standard InChI is InChI=1S/C13H13N3O3/c1-9(14)10-6-7-15-13(8-10)19-12-4-2-11(3-5-12)16(17)18/h2-9H,14H2,1H3. The average Bonchev–Trinajstić information content (AvgIpc) is 2.39. The quantitative estimate of drug-likeness (QED) is 0.673. The molecule has 0 radical (unpaired) electrons. The van der Waals surface area contributed by atoms with Crippen molar-refractivity contribution in [3.63, 3.8) is 0 Å². The largest absolute Gasteiger partial charge is 0.439 e. The van der Waals surface area contributed by atoms with Crippen LogP contribution in [-0.4, -0.2) is 9.91 Å². The van der Waals surface area contributed by atoms with Gasteiger partial charge in [0.15, 0.2) is 0 Å². The molecule has 0 aliphatic heterocycles. The molecular formula is C13H13N3O3. The number of benzene rings is 1. The van der Waals surface area contributed by atoms with Crippen LogP contribution >= 0.6 is 0 Å². The molecular weight excluding hydrogens is 246 g/mol. The summed E-state index contributed by atoms with van der Waals surface area (Å²) in [5.41, 5.74) is 6.70. The number of rotatable bonds is 4. The zero-order valence-corrected chi connectivity index (χ0v) is 10.3. The van der Waals surface area contributed by atoms with Gasteiger partial charge in [0.25, 0.3) is 5.69 Å². The molecule has 0 aliphatic carbocycles. The van der Waals surface area contributed by atoms with E-state index in [4.69, 9.17) is 10.5 Å². The van der Waals surface area contributed by atoms with Crippen molar-refractivity contribution in [3.8, 4) is 11.6 Å². The van der Waals surface area contributed by atoms with Crippen molar-refractivity contribution in [2.45, 2.75) is 13.0 Å². The summed E-state index contributed by atoms with van der Waals surface area (Å²) in [6, 6.07) is 9.26. The molecule has 0 aliphatic rings. The Morgan fingerprint density at radius 2 is 2.00 bits per heavy atom. The van der Waals surface area contributed by atoms with Crippen LogP contribution in [0.4, 0.5) is 5.69 Å². The molecule has 1 aromatic heterocycles. The number of aromatic nitrogens is 1. The summed E-state index contributed by atoms with van der Waals surface area (Å²) < 4.78 is 5.51. The summed E-state index contributed by atoms with van der Waals surface area (Å²) >= 11 is 0. The number of ether oxygens (including phenoxy) is 1. The lowest BCUT2D eigenvalue weighted by Gasteiger charge is -2.08. The first kappa shape index (κ1) is 13.0. The van der Waals surface area contributed by atoms with E-state index in [9.17, 15) is 10.1 Å². The second-order valence-corrected chi connectivity index (χ2v) is 4.07. The van der Waals surface area contributed by atoms with Crippen molar-refractivity contribution >= 4 is 5.69 Å². The van der Waals surface area contributed by atoms with Crippen molar-refractivity contribution in [2.75, 3.05) is 0 Å². The minimum Gasteiger partial charge on any atom is -0.439 e. The molecule has 0 spiro atoms. The Bertz CT molecular complexity index is 582. The van der Waals surface area contributed by atoms with Gasteiger partial charge in [-0.2, -0.15) is 0 Å². The molecule has 0 amide bonds. The van der Waals surface area contributed by atoms with Gasteiger partial charge in [0.2, 0.25) is 5.88 Å². The predicted octanol–water partition coefficient (Wildman–Crippen LogP) is 2.80. The first-order valence-corrected chi connectivity index (χ1v) is 5.70. The van der Waals surface area contributed by atoms with E-state index in [2.05, 4.69) is 4.98 Å². The van der Waals surface area contributed by atoms with E-state index in [1.165, 1.54) is 24.3 Å². The summed E-state index contributed by atoms with van der Waals surface area (Å²) in [6.45, 7) is 1.87. The molecule has 6 heteroatoms. The highest BCUT2D eigenvalue weighted by Gasteiger charge is 2.06. The second-order valence-electron chi connectivity index (χ2n) is 4.07. The second kappa shape index (κ2) is 5.45. The highest BCUT2D eigenvalue weighted by atomic mass is 16.6. The number of nitrogens with zero attached hydrogens (tertiary/aromatic N) is 2. The zero-order chi connectivity index (χ0) is 13.8. The lowest BCUT2D eigenvalue weighted by molar-refractivity contribution is -0.384. The minimum absolute atomic E-state index is 0.0182. The van der Waals surface area contributed by atoms with Crippen LogP contribution in [0.3, 0.4) is 0 Å². The lowest BCUT2D eigenvalue weighted by Crippen LogP contribution is -2.05. The van der Waals surface area contributed by atoms with Gasteiger partial charge in [0.05, 0.1) is 4.92 Å². The average molecular weight is 259 g/mol. The molecule has 1 heterocycles. The van der Waals surface area contributed by atoms with Crippen molar-refractivity contribution < 1.29 is 9.66 Å². The lowest BCUT2D eigenvalue weighted by atomic mass is 10.1. The number of hydrogen-bond acceptors (Lipinski definition) is 5. The molecule has 1 atom stereocenters. The number of non-ortho nitro benzene ring substituents is 1. The predicted molar refractivity (Wildman–Crippen MR) is 70.0 cm³/mol. The number of nitro groups is 1. The Kier molecular flexibility index (Phi) is 3.72. The monoisotopic (exact) mass is 259 g/mol. The molecule has 19 heavy (non-hydrogen) atoms. The highest BCUT2D eigenvalue weighted by molar-refractivity contribution is 5.38. The van der Waals surface area contributed by atoms with Crippen LogP contribution in [-0.2, 0) is 0 Å². The van der Waals surface area contributed by atoms with Gasteiger partial charge in [-0.25, -0.2) is 4.98 Å². The van der Waals surface area contributed by atoms with Crippen molar-refractivity contribution in [2.24, 2.45) is 5.73 Å². The topological polar surface area (TPSA) is 91.3 Å². The van der Waals surface area contributed by atoms with Crippen LogP contribution in [0.15, 0.2) is 42.6 Å². The summed E-state index contributed by atoms with van der Waals surface area (Å²) in [5.74, 6) is 0.892. The maximum atomic E-state index is 10.5. The van der Waals surface area contributed by atoms with Gasteiger partial charge < -0.3 is 10.5 Å². The number of hydrogen-bond donors (Lipinski definition) is 1. The van der Waals surface area contributed by atoms with Crippen LogP contribution in [0.1, 0.15) is 18.5 Å². The molecule has 2 N–H and O–H groups in total. The Labute approximate surface area is 110 Å². The summed E-state index contributed by atoms with van der Waals surface area (Å²) in [6.07, 6.45) is 1.61. The fourth-order valence-electron chi connectivity index (χ4n) is 1.52. The van der Waals surface area contributed by atoms with Gasteiger partial charge in [0, 0.05) is 30.4 Å². The summed E-state index contributed by atoms with van der Waals surface area (Å²) in [4.78, 5) is 14.1. The van der Waals surface area contributed by atoms with E-state index in [1.807, 2.05) is 13.0 Å². The van der Waals surface area contributed by atoms with Crippen molar-refractivity contribution in [1.29, 1.82) is 0 Å². The third kappa shape index (κ3) is 3.26. The highest BCUT2D eigenvalue weighted by Crippen LogP contribution is 2.23. The normalized spacial score (nSPS) is 11.9. The third-order valence-electron chi connectivity index (χ3n) is 2.55. The zero-order valence-electron chi connectivity index (χ0n) is 10.3. The maximum Gasteiger partial charge on any atom is 0.269 e. The van der Waals surface area contributed by atoms with Gasteiger partial charge in [-0.1, -0.05) is 0 Å². The van der Waals surface area contributed by atoms with Crippen LogP contribution in [0.25, 0.3) is 0 Å². The molecule has 1 unspecified atom stereocenters. The fraction of sp³-hybridized carbons (Fsp3) is 0.154. The Morgan fingerprint density at radius 1 is 1.32 bits per heavy atom. The van der Waals surface area contributed by atoms with E-state index in [-0.39, 0.29) is 11.7 Å². The van der Waals surface area contributed by atoms with Gasteiger partial charge in [-0.15, -0.1) is 0 Å². The van der Waals surface area contributed by atoms with E-state index in [1.54, 1.807) is 12.3 Å². The molecule has 0 bridgehead atoms. The number of nitro benzene ring substituents is 1. The fourth-order valence-corrected chi connectivity index (χ4v) is 1.52. The Balaban J connectivity index is 2.16. The molecule has 2 rings (SSSR count). The van der Waals surface area contributed by atoms with Crippen molar-refractivity contribution in [1.82, 2.24) is 4.98 Å². The van der Waals surface area contributed by atoms with Crippen LogP contribution in [0, 0.1) is 10.1 Å². The van der Waals surface area contributed by atoms with E-state index in [0.29, 0.717) is 11.6 Å². The van der Waals surface area contributed by atoms with Gasteiger partial charge in [0.1, 0.15) is 5.75 Å². The first-order chi connectivity index (χ1) is 9.06. The Hall–Kier alpha value is -2.47. The SMILES string of the molecule is CC(N)c1ccnc(Oc2ccc([N+](=O)[O-])cc2)c1. The molecule has 98 valence electrons. The van der Waals surface area contributed by atoms with Gasteiger partial charge in [-0.3, -0.25) is 10.1 Å². The molecule has 0 saturated carbocycles. The molecule has 0 fully saturated rings. The summed E-state index contributed by atoms with van der Waals surface area (Å²) in [7, 11) is 0. The summed E-state index contributed by atoms with van der Waals surface area (Å²) in [5, 5.41) is 10.5. The maximum absolute atomic E-state index is 10.5. The first-order valence-electron chi connectivity index (χ1n) is 5.70. The van der Waals surface area contributed by atoms with E-state index < -0.39 is 4.92 Å². The minimum atomic E-state index is -0.460. The molecule has 2 aromatic rings. The molecule has 6 nitrogen and oxygen atoms in total. The van der Waals surface area contributed by atoms with Crippen molar-refractivity contribution in [3.05, 3.63) is 58.3 Å². The van der Waals surface area contributed by atoms with Crippen LogP contribution in [0.5, 0.6) is 11.6 Å². The van der Waals surface area contributed by atoms with E-state index >= 15 is 0 Å². The van der Waals surface area contributed by atoms with Gasteiger partial charge in [-0.05, 0) is 30.7 Å². The van der Waals surface area contributed by atoms with Crippen LogP contribution in [0.2, 0.25) is 0 Å². The third-order valence-corrected chi connectivity index (χ3v) is 2.55. The number of nitrogens with two attached hydrogens (primary N) is 1. The Morgan fingerprint density at radius 3 is 2.58 bits per heavy atom.